The second-order valence-corrected chi connectivity index (χ2v) is 8.14. The lowest BCUT2D eigenvalue weighted by Crippen LogP contribution is -2.26. The number of nitrogens with one attached hydrogen (secondary N) is 1. The van der Waals surface area contributed by atoms with Gasteiger partial charge in [-0.15, -0.1) is 11.8 Å². The number of amides is 1. The first-order valence-corrected chi connectivity index (χ1v) is 10.4. The lowest BCUT2D eigenvalue weighted by atomic mass is 10.2. The van der Waals surface area contributed by atoms with Crippen LogP contribution in [0.5, 0.6) is 5.75 Å². The van der Waals surface area contributed by atoms with Gasteiger partial charge in [-0.25, -0.2) is 5.43 Å². The SMILES string of the molecule is C[C@H](Sc1ccccc1)C(=O)N/N=C\c1ccc(OCc2ccc(Cl)cc2)cc1. The lowest BCUT2D eigenvalue weighted by Gasteiger charge is -2.09. The number of thioether (sulfide) groups is 1. The zero-order valence-electron chi connectivity index (χ0n) is 15.9. The van der Waals surface area contributed by atoms with Crippen molar-refractivity contribution in [2.75, 3.05) is 0 Å². The molecule has 1 N–H and O–H groups in total. The maximum atomic E-state index is 12.2. The van der Waals surface area contributed by atoms with Crippen molar-refractivity contribution in [2.45, 2.75) is 23.7 Å². The Hall–Kier alpha value is -2.76. The Morgan fingerprint density at radius 2 is 1.76 bits per heavy atom. The molecule has 4 nitrogen and oxygen atoms in total. The second-order valence-electron chi connectivity index (χ2n) is 6.29. The van der Waals surface area contributed by atoms with E-state index < -0.39 is 0 Å². The number of hydrogen-bond donors (Lipinski definition) is 1. The van der Waals surface area contributed by atoms with Crippen molar-refractivity contribution in [3.05, 3.63) is 95.0 Å². The van der Waals surface area contributed by atoms with Gasteiger partial charge in [0.15, 0.2) is 0 Å². The minimum absolute atomic E-state index is 0.141. The predicted molar refractivity (Wildman–Crippen MR) is 120 cm³/mol. The average Bonchev–Trinajstić information content (AvgIpc) is 2.75. The monoisotopic (exact) mass is 424 g/mol. The highest BCUT2D eigenvalue weighted by Gasteiger charge is 2.13. The molecular weight excluding hydrogens is 404 g/mol. The zero-order valence-corrected chi connectivity index (χ0v) is 17.5. The summed E-state index contributed by atoms with van der Waals surface area (Å²) in [5.74, 6) is 0.618. The van der Waals surface area contributed by atoms with Gasteiger partial charge >= 0.3 is 0 Å². The first-order chi connectivity index (χ1) is 14.1. The minimum atomic E-state index is -0.238. The predicted octanol–water partition coefficient (Wildman–Crippen LogP) is 5.55. The van der Waals surface area contributed by atoms with Gasteiger partial charge in [0, 0.05) is 9.92 Å². The van der Waals surface area contributed by atoms with Crippen molar-refractivity contribution in [3.63, 3.8) is 0 Å². The molecule has 1 amide bonds. The van der Waals surface area contributed by atoms with Crippen molar-refractivity contribution in [1.29, 1.82) is 0 Å². The van der Waals surface area contributed by atoms with Gasteiger partial charge in [-0.2, -0.15) is 5.10 Å². The van der Waals surface area contributed by atoms with E-state index in [9.17, 15) is 4.79 Å². The molecule has 0 aliphatic carbocycles. The number of benzene rings is 3. The molecule has 148 valence electrons. The van der Waals surface area contributed by atoms with Crippen LogP contribution in [0.1, 0.15) is 18.1 Å². The highest BCUT2D eigenvalue weighted by atomic mass is 35.5. The average molecular weight is 425 g/mol. The van der Waals surface area contributed by atoms with Crippen molar-refractivity contribution < 1.29 is 9.53 Å². The highest BCUT2D eigenvalue weighted by Crippen LogP contribution is 2.22. The molecule has 0 radical (unpaired) electrons. The van der Waals surface area contributed by atoms with E-state index in [0.717, 1.165) is 21.8 Å². The second kappa shape index (κ2) is 10.7. The standard InChI is InChI=1S/C23H21ClN2O2S/c1-17(29-22-5-3-2-4-6-22)23(27)26-25-15-18-9-13-21(14-10-18)28-16-19-7-11-20(24)12-8-19/h2-15,17H,16H2,1H3,(H,26,27)/b25-15-/t17-/m0/s1. The highest BCUT2D eigenvalue weighted by molar-refractivity contribution is 8.00. The van der Waals surface area contributed by atoms with Crippen molar-refractivity contribution in [3.8, 4) is 5.75 Å². The molecule has 3 rings (SSSR count). The number of hydrogen-bond acceptors (Lipinski definition) is 4. The molecular formula is C23H21ClN2O2S. The maximum Gasteiger partial charge on any atom is 0.253 e. The van der Waals surface area contributed by atoms with Crippen molar-refractivity contribution in [2.24, 2.45) is 5.10 Å². The smallest absolute Gasteiger partial charge is 0.253 e. The number of ether oxygens (including phenoxy) is 1. The van der Waals surface area contributed by atoms with Crippen LogP contribution in [0.15, 0.2) is 88.9 Å². The minimum Gasteiger partial charge on any atom is -0.489 e. The number of halogens is 1. The third kappa shape index (κ3) is 6.97. The van der Waals surface area contributed by atoms with Gasteiger partial charge in [-0.05, 0) is 66.6 Å². The summed E-state index contributed by atoms with van der Waals surface area (Å²) in [7, 11) is 0. The van der Waals surface area contributed by atoms with Gasteiger partial charge in [-0.1, -0.05) is 41.9 Å². The molecule has 0 saturated carbocycles. The van der Waals surface area contributed by atoms with Crippen molar-refractivity contribution >= 4 is 35.5 Å². The maximum absolute atomic E-state index is 12.2. The topological polar surface area (TPSA) is 50.7 Å². The largest absolute Gasteiger partial charge is 0.489 e. The van der Waals surface area contributed by atoms with Crippen LogP contribution in [-0.4, -0.2) is 17.4 Å². The van der Waals surface area contributed by atoms with E-state index >= 15 is 0 Å². The molecule has 0 aliphatic heterocycles. The van der Waals surface area contributed by atoms with Crippen molar-refractivity contribution in [1.82, 2.24) is 5.43 Å². The molecule has 0 fully saturated rings. The fourth-order valence-corrected chi connectivity index (χ4v) is 3.42. The molecule has 3 aromatic rings. The third-order valence-electron chi connectivity index (χ3n) is 4.01. The van der Waals surface area contributed by atoms with E-state index in [1.54, 1.807) is 6.21 Å². The quantitative estimate of drug-likeness (QED) is 0.293. The molecule has 29 heavy (non-hydrogen) atoms. The summed E-state index contributed by atoms with van der Waals surface area (Å²) in [6.45, 7) is 2.33. The molecule has 0 saturated heterocycles. The molecule has 0 bridgehead atoms. The number of hydrazone groups is 1. The molecule has 1 atom stereocenters. The van der Waals surface area contributed by atoms with Crippen LogP contribution in [-0.2, 0) is 11.4 Å². The molecule has 0 heterocycles. The number of carbonyl (C=O) groups is 1. The van der Waals surface area contributed by atoms with Gasteiger partial charge in [0.05, 0.1) is 11.5 Å². The Labute approximate surface area is 179 Å². The van der Waals surface area contributed by atoms with E-state index in [0.29, 0.717) is 11.6 Å². The van der Waals surface area contributed by atoms with Gasteiger partial charge in [0.25, 0.3) is 5.91 Å². The van der Waals surface area contributed by atoms with Crippen LogP contribution in [0.2, 0.25) is 5.02 Å². The molecule has 0 aromatic heterocycles. The molecule has 6 heteroatoms. The Balaban J connectivity index is 1.45. The van der Waals surface area contributed by atoms with E-state index in [2.05, 4.69) is 10.5 Å². The van der Waals surface area contributed by atoms with E-state index in [-0.39, 0.29) is 11.2 Å². The van der Waals surface area contributed by atoms with E-state index in [4.69, 9.17) is 16.3 Å². The normalized spacial score (nSPS) is 11.9. The summed E-state index contributed by atoms with van der Waals surface area (Å²) in [6.07, 6.45) is 1.61. The van der Waals surface area contributed by atoms with Gasteiger partial charge in [0.1, 0.15) is 12.4 Å². The van der Waals surface area contributed by atoms with Gasteiger partial charge in [0.2, 0.25) is 0 Å². The Morgan fingerprint density at radius 1 is 1.07 bits per heavy atom. The van der Waals surface area contributed by atoms with Crippen LogP contribution >= 0.6 is 23.4 Å². The van der Waals surface area contributed by atoms with E-state index in [1.165, 1.54) is 11.8 Å². The van der Waals surface area contributed by atoms with Crippen LogP contribution in [0.3, 0.4) is 0 Å². The third-order valence-corrected chi connectivity index (χ3v) is 5.38. The summed E-state index contributed by atoms with van der Waals surface area (Å²) in [4.78, 5) is 13.2. The molecule has 0 unspecified atom stereocenters. The lowest BCUT2D eigenvalue weighted by molar-refractivity contribution is -0.120. The summed E-state index contributed by atoms with van der Waals surface area (Å²) in [5, 5.41) is 4.51. The van der Waals surface area contributed by atoms with Gasteiger partial charge in [-0.3, -0.25) is 4.79 Å². The van der Waals surface area contributed by atoms with Crippen LogP contribution in [0.4, 0.5) is 0 Å². The molecule has 0 spiro atoms. The number of rotatable bonds is 8. The van der Waals surface area contributed by atoms with E-state index in [1.807, 2.05) is 85.8 Å². The van der Waals surface area contributed by atoms with Crippen LogP contribution in [0, 0.1) is 0 Å². The fourth-order valence-electron chi connectivity index (χ4n) is 2.42. The fraction of sp³-hybridized carbons (Fsp3) is 0.130. The Kier molecular flexibility index (Phi) is 7.73. The molecule has 0 aliphatic rings. The van der Waals surface area contributed by atoms with Crippen LogP contribution < -0.4 is 10.2 Å². The summed E-state index contributed by atoms with van der Waals surface area (Å²) < 4.78 is 5.76. The molecule has 3 aromatic carbocycles. The first-order valence-electron chi connectivity index (χ1n) is 9.12. The van der Waals surface area contributed by atoms with Crippen LogP contribution in [0.25, 0.3) is 0 Å². The zero-order chi connectivity index (χ0) is 20.5. The summed E-state index contributed by atoms with van der Waals surface area (Å²) >= 11 is 7.37. The summed E-state index contributed by atoms with van der Waals surface area (Å²) in [6, 6.07) is 24.9. The Bertz CT molecular complexity index is 945. The first kappa shape index (κ1) is 21.0. The van der Waals surface area contributed by atoms with Gasteiger partial charge < -0.3 is 4.74 Å². The summed E-state index contributed by atoms with van der Waals surface area (Å²) in [5.41, 5.74) is 4.50. The number of carbonyl (C=O) groups excluding carboxylic acids is 1. The number of nitrogens with zero attached hydrogens (tertiary/aromatic N) is 1. The Morgan fingerprint density at radius 3 is 2.45 bits per heavy atom.